The van der Waals surface area contributed by atoms with Crippen LogP contribution >= 0.6 is 23.2 Å². The van der Waals surface area contributed by atoms with Crippen LogP contribution in [0.15, 0.2) is 48.8 Å². The fourth-order valence-electron chi connectivity index (χ4n) is 2.11. The summed E-state index contributed by atoms with van der Waals surface area (Å²) in [4.78, 5) is 12.9. The third-order valence-corrected chi connectivity index (χ3v) is 3.97. The van der Waals surface area contributed by atoms with E-state index in [-0.39, 0.29) is 0 Å². The number of aryl methyl sites for hydroxylation is 1. The minimum absolute atomic E-state index is 0.476. The average molecular weight is 360 g/mol. The predicted molar refractivity (Wildman–Crippen MR) is 98.1 cm³/mol. The van der Waals surface area contributed by atoms with E-state index in [9.17, 15) is 0 Å². The fraction of sp³-hybridized carbons (Fsp3) is 0.118. The Morgan fingerprint density at radius 1 is 1.04 bits per heavy atom. The van der Waals surface area contributed by atoms with Crippen molar-refractivity contribution in [2.75, 3.05) is 10.6 Å². The largest absolute Gasteiger partial charge is 0.366 e. The number of pyridine rings is 1. The number of anilines is 3. The van der Waals surface area contributed by atoms with Crippen LogP contribution in [-0.2, 0) is 6.54 Å². The van der Waals surface area contributed by atoms with Crippen LogP contribution in [0.5, 0.6) is 0 Å². The molecule has 0 fully saturated rings. The fourth-order valence-corrected chi connectivity index (χ4v) is 2.41. The molecule has 0 atom stereocenters. The summed E-state index contributed by atoms with van der Waals surface area (Å²) in [5.41, 5.74) is 2.70. The number of hydrogen-bond donors (Lipinski definition) is 2. The van der Waals surface area contributed by atoms with Crippen molar-refractivity contribution in [3.63, 3.8) is 0 Å². The summed E-state index contributed by atoms with van der Waals surface area (Å²) in [7, 11) is 0. The average Bonchev–Trinajstić information content (AvgIpc) is 2.57. The van der Waals surface area contributed by atoms with Crippen molar-refractivity contribution in [2.24, 2.45) is 0 Å². The lowest BCUT2D eigenvalue weighted by Gasteiger charge is -2.10. The Bertz CT molecular complexity index is 840. The van der Waals surface area contributed by atoms with Gasteiger partial charge in [-0.05, 0) is 36.8 Å². The molecule has 0 aliphatic carbocycles. The minimum Gasteiger partial charge on any atom is -0.366 e. The number of hydrogen-bond acceptors (Lipinski definition) is 5. The molecule has 0 aliphatic heterocycles. The molecule has 2 aromatic heterocycles. The third-order valence-electron chi connectivity index (χ3n) is 3.23. The highest BCUT2D eigenvalue weighted by atomic mass is 35.5. The predicted octanol–water partition coefficient (Wildman–Crippen LogP) is 4.84. The van der Waals surface area contributed by atoms with Gasteiger partial charge in [-0.15, -0.1) is 0 Å². The normalized spacial score (nSPS) is 10.5. The molecule has 0 radical (unpaired) electrons. The maximum absolute atomic E-state index is 6.03. The molecule has 0 amide bonds. The highest BCUT2D eigenvalue weighted by Crippen LogP contribution is 2.26. The van der Waals surface area contributed by atoms with E-state index in [1.54, 1.807) is 18.3 Å². The summed E-state index contributed by atoms with van der Waals surface area (Å²) >= 11 is 12.0. The third kappa shape index (κ3) is 4.34. The van der Waals surface area contributed by atoms with Crippen LogP contribution in [-0.4, -0.2) is 15.0 Å². The minimum atomic E-state index is 0.476. The van der Waals surface area contributed by atoms with Crippen LogP contribution in [0.1, 0.15) is 11.3 Å². The van der Waals surface area contributed by atoms with Gasteiger partial charge in [-0.1, -0.05) is 29.3 Å². The number of rotatable bonds is 5. The van der Waals surface area contributed by atoms with Gasteiger partial charge in [0.25, 0.3) is 0 Å². The first-order valence-corrected chi connectivity index (χ1v) is 8.06. The highest BCUT2D eigenvalue weighted by molar-refractivity contribution is 6.42. The molecule has 0 spiro atoms. The van der Waals surface area contributed by atoms with Gasteiger partial charge in [0.15, 0.2) is 0 Å². The molecule has 2 N–H and O–H groups in total. The van der Waals surface area contributed by atoms with Gasteiger partial charge in [0.2, 0.25) is 5.95 Å². The molecule has 7 heteroatoms. The van der Waals surface area contributed by atoms with Crippen molar-refractivity contribution >= 4 is 40.7 Å². The van der Waals surface area contributed by atoms with Gasteiger partial charge in [-0.3, -0.25) is 4.98 Å². The van der Waals surface area contributed by atoms with Crippen LogP contribution < -0.4 is 10.6 Å². The summed E-state index contributed by atoms with van der Waals surface area (Å²) in [6, 6.07) is 11.1. The lowest BCUT2D eigenvalue weighted by Crippen LogP contribution is -2.05. The van der Waals surface area contributed by atoms with Gasteiger partial charge in [0, 0.05) is 36.4 Å². The van der Waals surface area contributed by atoms with Crippen molar-refractivity contribution in [1.82, 2.24) is 15.0 Å². The topological polar surface area (TPSA) is 62.7 Å². The quantitative estimate of drug-likeness (QED) is 0.682. The van der Waals surface area contributed by atoms with E-state index < -0.39 is 0 Å². The molecule has 24 heavy (non-hydrogen) atoms. The Labute approximate surface area is 150 Å². The van der Waals surface area contributed by atoms with Crippen molar-refractivity contribution < 1.29 is 0 Å². The van der Waals surface area contributed by atoms with Crippen LogP contribution in [0, 0.1) is 6.92 Å². The van der Waals surface area contributed by atoms with Gasteiger partial charge < -0.3 is 10.6 Å². The zero-order chi connectivity index (χ0) is 16.9. The molecule has 0 saturated carbocycles. The maximum atomic E-state index is 6.03. The van der Waals surface area contributed by atoms with Crippen molar-refractivity contribution in [2.45, 2.75) is 13.5 Å². The van der Waals surface area contributed by atoms with E-state index >= 15 is 0 Å². The van der Waals surface area contributed by atoms with Gasteiger partial charge in [-0.25, -0.2) is 4.98 Å². The molecule has 3 aromatic rings. The second-order valence-corrected chi connectivity index (χ2v) is 6.00. The Hall–Kier alpha value is -2.37. The molecule has 0 unspecified atom stereocenters. The zero-order valence-corrected chi connectivity index (χ0v) is 14.4. The summed E-state index contributed by atoms with van der Waals surface area (Å²) < 4.78 is 0. The molecule has 0 aliphatic rings. The van der Waals surface area contributed by atoms with Crippen molar-refractivity contribution in [3.05, 3.63) is 70.1 Å². The van der Waals surface area contributed by atoms with Gasteiger partial charge in [-0.2, -0.15) is 4.98 Å². The SMILES string of the molecule is Cc1cc(NCc2cccnc2)nc(Nc2ccc(Cl)c(Cl)c2)n1. The van der Waals surface area contributed by atoms with Gasteiger partial charge in [0.05, 0.1) is 10.0 Å². The van der Waals surface area contributed by atoms with Crippen LogP contribution in [0.3, 0.4) is 0 Å². The molecule has 0 bridgehead atoms. The zero-order valence-electron chi connectivity index (χ0n) is 12.9. The van der Waals surface area contributed by atoms with Crippen LogP contribution in [0.4, 0.5) is 17.5 Å². The lowest BCUT2D eigenvalue weighted by atomic mass is 10.3. The van der Waals surface area contributed by atoms with Gasteiger partial charge in [0.1, 0.15) is 5.82 Å². The molecule has 122 valence electrons. The van der Waals surface area contributed by atoms with Gasteiger partial charge >= 0.3 is 0 Å². The summed E-state index contributed by atoms with van der Waals surface area (Å²) in [6.45, 7) is 2.55. The van der Waals surface area contributed by atoms with E-state index in [1.807, 2.05) is 37.4 Å². The first-order chi connectivity index (χ1) is 11.6. The molecule has 2 heterocycles. The molecule has 0 saturated heterocycles. The first-order valence-electron chi connectivity index (χ1n) is 7.31. The number of aromatic nitrogens is 3. The second-order valence-electron chi connectivity index (χ2n) is 5.19. The van der Waals surface area contributed by atoms with E-state index in [0.717, 1.165) is 22.8 Å². The summed E-state index contributed by atoms with van der Waals surface area (Å²) in [5.74, 6) is 1.22. The standard InChI is InChI=1S/C17H15Cl2N5/c1-11-7-16(21-10-12-3-2-6-20-9-12)24-17(22-11)23-13-4-5-14(18)15(19)8-13/h2-9H,10H2,1H3,(H2,21,22,23,24). The summed E-state index contributed by atoms with van der Waals surface area (Å²) in [5, 5.41) is 7.39. The molecule has 3 rings (SSSR count). The first kappa shape index (κ1) is 16.5. The monoisotopic (exact) mass is 359 g/mol. The molecular formula is C17H15Cl2N5. The number of nitrogens with one attached hydrogen (secondary N) is 2. The number of benzene rings is 1. The lowest BCUT2D eigenvalue weighted by molar-refractivity contribution is 1.05. The van der Waals surface area contributed by atoms with E-state index in [2.05, 4.69) is 25.6 Å². The highest BCUT2D eigenvalue weighted by Gasteiger charge is 2.05. The smallest absolute Gasteiger partial charge is 0.229 e. The van der Waals surface area contributed by atoms with E-state index in [0.29, 0.717) is 22.5 Å². The Morgan fingerprint density at radius 2 is 1.92 bits per heavy atom. The van der Waals surface area contributed by atoms with E-state index in [4.69, 9.17) is 23.2 Å². The molecular weight excluding hydrogens is 345 g/mol. The van der Waals surface area contributed by atoms with Crippen LogP contribution in [0.25, 0.3) is 0 Å². The Kier molecular flexibility index (Phi) is 5.13. The maximum Gasteiger partial charge on any atom is 0.229 e. The van der Waals surface area contributed by atoms with Crippen molar-refractivity contribution in [3.8, 4) is 0 Å². The summed E-state index contributed by atoms with van der Waals surface area (Å²) in [6.07, 6.45) is 3.56. The number of nitrogens with zero attached hydrogens (tertiary/aromatic N) is 3. The Balaban J connectivity index is 1.74. The molecule has 5 nitrogen and oxygen atoms in total. The molecule has 1 aromatic carbocycles. The van der Waals surface area contributed by atoms with Crippen molar-refractivity contribution in [1.29, 1.82) is 0 Å². The Morgan fingerprint density at radius 3 is 2.67 bits per heavy atom. The second kappa shape index (κ2) is 7.47. The number of halogens is 2. The van der Waals surface area contributed by atoms with Crippen LogP contribution in [0.2, 0.25) is 10.0 Å². The van der Waals surface area contributed by atoms with E-state index in [1.165, 1.54) is 0 Å².